The average molecular weight is 380 g/mol. The van der Waals surface area contributed by atoms with Crippen molar-refractivity contribution in [3.8, 4) is 11.6 Å². The minimum absolute atomic E-state index is 0.0403. The molecule has 1 fully saturated rings. The molecule has 144 valence electrons. The van der Waals surface area contributed by atoms with Gasteiger partial charge in [0.15, 0.2) is 17.3 Å². The van der Waals surface area contributed by atoms with E-state index < -0.39 is 5.97 Å². The Kier molecular flexibility index (Phi) is 3.85. The molecule has 3 aromatic heterocycles. The first-order valence-corrected chi connectivity index (χ1v) is 9.50. The van der Waals surface area contributed by atoms with Gasteiger partial charge in [-0.3, -0.25) is 9.13 Å². The zero-order chi connectivity index (χ0) is 19.3. The Bertz CT molecular complexity index is 1040. The van der Waals surface area contributed by atoms with Gasteiger partial charge in [0.05, 0.1) is 12.2 Å². The number of aromatic carboxylic acids is 1. The largest absolute Gasteiger partial charge is 0.476 e. The molecule has 0 aromatic carbocycles. The number of carbonyl (C=O) groups is 1. The first-order chi connectivity index (χ1) is 13.7. The van der Waals surface area contributed by atoms with E-state index in [9.17, 15) is 4.79 Å². The molecular weight excluding hydrogens is 360 g/mol. The lowest BCUT2D eigenvalue weighted by Gasteiger charge is -2.40. The highest BCUT2D eigenvalue weighted by Crippen LogP contribution is 2.42. The van der Waals surface area contributed by atoms with Crippen LogP contribution in [-0.4, -0.2) is 51.4 Å². The van der Waals surface area contributed by atoms with Gasteiger partial charge in [0.1, 0.15) is 18.3 Å². The summed E-state index contributed by atoms with van der Waals surface area (Å²) in [7, 11) is 0. The summed E-state index contributed by atoms with van der Waals surface area (Å²) in [6, 6.07) is 0.493. The minimum Gasteiger partial charge on any atom is -0.476 e. The molecule has 0 amide bonds. The molecule has 1 aliphatic heterocycles. The van der Waals surface area contributed by atoms with Crippen LogP contribution in [0.5, 0.6) is 0 Å². The summed E-state index contributed by atoms with van der Waals surface area (Å²) in [4.78, 5) is 26.7. The van der Waals surface area contributed by atoms with Crippen LogP contribution in [0.4, 0.5) is 5.82 Å². The zero-order valence-electron chi connectivity index (χ0n) is 15.4. The Hall–Kier alpha value is -3.30. The monoisotopic (exact) mass is 380 g/mol. The van der Waals surface area contributed by atoms with E-state index in [1.807, 2.05) is 4.57 Å². The van der Waals surface area contributed by atoms with E-state index in [1.54, 1.807) is 17.1 Å². The quantitative estimate of drug-likeness (QED) is 0.732. The number of carboxylic acids is 1. The molecule has 1 saturated carbocycles. The van der Waals surface area contributed by atoms with Crippen molar-refractivity contribution in [2.45, 2.75) is 51.1 Å². The highest BCUT2D eigenvalue weighted by atomic mass is 16.4. The summed E-state index contributed by atoms with van der Waals surface area (Å²) in [5.41, 5.74) is 0.806. The first-order valence-electron chi connectivity index (χ1n) is 9.50. The molecule has 3 aromatic rings. The van der Waals surface area contributed by atoms with Crippen LogP contribution >= 0.6 is 0 Å². The Morgan fingerprint density at radius 2 is 2.07 bits per heavy atom. The summed E-state index contributed by atoms with van der Waals surface area (Å²) in [5, 5.41) is 17.6. The second kappa shape index (κ2) is 6.39. The van der Waals surface area contributed by atoms with Crippen molar-refractivity contribution in [1.29, 1.82) is 0 Å². The smallest absolute Gasteiger partial charge is 0.356 e. The molecule has 1 N–H and O–H groups in total. The molecule has 10 heteroatoms. The highest BCUT2D eigenvalue weighted by molar-refractivity contribution is 5.85. The van der Waals surface area contributed by atoms with Crippen LogP contribution in [0.1, 0.15) is 61.4 Å². The van der Waals surface area contributed by atoms with Crippen molar-refractivity contribution in [3.63, 3.8) is 0 Å². The number of anilines is 1. The SMILES string of the molecule is CC[C@@H]1c2nncn2-c2cnc(-n3cnc(C(=O)O)c3)nc2N1C1CCCC1. The van der Waals surface area contributed by atoms with Gasteiger partial charge in [0, 0.05) is 12.2 Å². The molecule has 10 nitrogen and oxygen atoms in total. The summed E-state index contributed by atoms with van der Waals surface area (Å²) in [6.45, 7) is 2.15. The van der Waals surface area contributed by atoms with Crippen molar-refractivity contribution >= 4 is 11.8 Å². The van der Waals surface area contributed by atoms with Crippen molar-refractivity contribution < 1.29 is 9.90 Å². The summed E-state index contributed by atoms with van der Waals surface area (Å²) >= 11 is 0. The lowest BCUT2D eigenvalue weighted by molar-refractivity contribution is 0.0691. The van der Waals surface area contributed by atoms with E-state index in [-0.39, 0.29) is 11.7 Å². The van der Waals surface area contributed by atoms with Gasteiger partial charge in [-0.05, 0) is 19.3 Å². The maximum Gasteiger partial charge on any atom is 0.356 e. The van der Waals surface area contributed by atoms with E-state index in [4.69, 9.17) is 10.1 Å². The van der Waals surface area contributed by atoms with Gasteiger partial charge >= 0.3 is 5.97 Å². The molecule has 0 radical (unpaired) electrons. The van der Waals surface area contributed by atoms with Gasteiger partial charge in [0.25, 0.3) is 0 Å². The Balaban J connectivity index is 1.66. The fourth-order valence-corrected chi connectivity index (χ4v) is 4.30. The second-order valence-electron chi connectivity index (χ2n) is 7.18. The van der Waals surface area contributed by atoms with Gasteiger partial charge in [0.2, 0.25) is 5.95 Å². The third kappa shape index (κ3) is 2.48. The fraction of sp³-hybridized carbons (Fsp3) is 0.444. The average Bonchev–Trinajstić information content (AvgIpc) is 3.47. The number of imidazole rings is 1. The van der Waals surface area contributed by atoms with E-state index >= 15 is 0 Å². The Labute approximate surface area is 160 Å². The number of hydrogen-bond acceptors (Lipinski definition) is 7. The predicted molar refractivity (Wildman–Crippen MR) is 98.8 cm³/mol. The van der Waals surface area contributed by atoms with Crippen molar-refractivity contribution in [3.05, 3.63) is 36.6 Å². The van der Waals surface area contributed by atoms with Gasteiger partial charge in [-0.25, -0.2) is 14.8 Å². The van der Waals surface area contributed by atoms with Gasteiger partial charge in [-0.15, -0.1) is 10.2 Å². The number of fused-ring (bicyclic) bond motifs is 3. The van der Waals surface area contributed by atoms with E-state index in [2.05, 4.69) is 32.0 Å². The molecule has 0 unspecified atom stereocenters. The van der Waals surface area contributed by atoms with Crippen LogP contribution in [0.3, 0.4) is 0 Å². The van der Waals surface area contributed by atoms with Crippen molar-refractivity contribution in [2.24, 2.45) is 0 Å². The maximum atomic E-state index is 11.2. The molecular formula is C18H20N8O2. The molecule has 0 spiro atoms. The fourth-order valence-electron chi connectivity index (χ4n) is 4.30. The Morgan fingerprint density at radius 1 is 1.25 bits per heavy atom. The summed E-state index contributed by atoms with van der Waals surface area (Å²) < 4.78 is 3.49. The van der Waals surface area contributed by atoms with Crippen LogP contribution in [0.25, 0.3) is 11.6 Å². The number of carboxylic acid groups (broad SMARTS) is 1. The molecule has 1 atom stereocenters. The van der Waals surface area contributed by atoms with Crippen molar-refractivity contribution in [2.75, 3.05) is 4.90 Å². The van der Waals surface area contributed by atoms with Crippen LogP contribution < -0.4 is 4.90 Å². The van der Waals surface area contributed by atoms with Crippen LogP contribution in [0.2, 0.25) is 0 Å². The zero-order valence-corrected chi connectivity index (χ0v) is 15.4. The lowest BCUT2D eigenvalue weighted by atomic mass is 10.0. The molecule has 5 rings (SSSR count). The number of hydrogen-bond donors (Lipinski definition) is 1. The molecule has 1 aliphatic carbocycles. The standard InChI is InChI=1S/C18H20N8O2/c1-2-13-16-23-21-10-25(16)14-7-19-18(24-8-12(17(27)28)20-9-24)22-15(14)26(13)11-5-3-4-6-11/h7-11,13H,2-6H2,1H3,(H,27,28)/t13-/m1/s1. The number of rotatable bonds is 4. The van der Waals surface area contributed by atoms with E-state index in [0.717, 1.165) is 36.6 Å². The Morgan fingerprint density at radius 3 is 2.79 bits per heavy atom. The number of aromatic nitrogens is 7. The summed E-state index contributed by atoms with van der Waals surface area (Å²) in [5.74, 6) is 1.06. The van der Waals surface area contributed by atoms with Crippen LogP contribution in [0, 0.1) is 0 Å². The van der Waals surface area contributed by atoms with Crippen molar-refractivity contribution in [1.82, 2.24) is 34.3 Å². The van der Waals surface area contributed by atoms with Gasteiger partial charge in [-0.1, -0.05) is 19.8 Å². The van der Waals surface area contributed by atoms with Crippen LogP contribution in [-0.2, 0) is 0 Å². The molecule has 2 aliphatic rings. The topological polar surface area (TPSA) is 115 Å². The van der Waals surface area contributed by atoms with Gasteiger partial charge < -0.3 is 10.0 Å². The molecule has 28 heavy (non-hydrogen) atoms. The van der Waals surface area contributed by atoms with E-state index in [0.29, 0.717) is 12.0 Å². The lowest BCUT2D eigenvalue weighted by Crippen LogP contribution is -2.42. The first kappa shape index (κ1) is 16.8. The van der Waals surface area contributed by atoms with Gasteiger partial charge in [-0.2, -0.15) is 4.98 Å². The molecule has 0 saturated heterocycles. The molecule has 4 heterocycles. The third-order valence-corrected chi connectivity index (χ3v) is 5.59. The highest BCUT2D eigenvalue weighted by Gasteiger charge is 2.38. The van der Waals surface area contributed by atoms with Crippen LogP contribution in [0.15, 0.2) is 25.0 Å². The second-order valence-corrected chi connectivity index (χ2v) is 7.18. The normalized spacial score (nSPS) is 18.9. The molecule has 0 bridgehead atoms. The maximum absolute atomic E-state index is 11.2. The minimum atomic E-state index is -1.08. The number of nitrogens with zero attached hydrogens (tertiary/aromatic N) is 8. The van der Waals surface area contributed by atoms with E-state index in [1.165, 1.54) is 25.4 Å². The predicted octanol–water partition coefficient (Wildman–Crippen LogP) is 2.15. The summed E-state index contributed by atoms with van der Waals surface area (Å²) in [6.07, 6.45) is 11.9. The third-order valence-electron chi connectivity index (χ3n) is 5.59.